The van der Waals surface area contributed by atoms with E-state index in [-0.39, 0.29) is 5.75 Å². The van der Waals surface area contributed by atoms with Crippen molar-refractivity contribution >= 4 is 47.7 Å². The van der Waals surface area contributed by atoms with Crippen LogP contribution in [-0.2, 0) is 14.3 Å². The summed E-state index contributed by atoms with van der Waals surface area (Å²) in [6.07, 6.45) is 0.714. The van der Waals surface area contributed by atoms with Gasteiger partial charge in [-0.1, -0.05) is 13.0 Å². The molecule has 0 bridgehead atoms. The van der Waals surface area contributed by atoms with Gasteiger partial charge in [-0.25, -0.2) is 9.59 Å². The van der Waals surface area contributed by atoms with Crippen molar-refractivity contribution in [3.63, 3.8) is 0 Å². The van der Waals surface area contributed by atoms with E-state index in [9.17, 15) is 19.2 Å². The van der Waals surface area contributed by atoms with Gasteiger partial charge in [-0.3, -0.25) is 14.5 Å². The summed E-state index contributed by atoms with van der Waals surface area (Å²) in [6.45, 7) is 3.17. The minimum Gasteiger partial charge on any atom is -0.462 e. The van der Waals surface area contributed by atoms with Crippen LogP contribution in [0.1, 0.15) is 40.3 Å². The molecule has 154 valence electrons. The molecule has 0 radical (unpaired) electrons. The third-order valence-electron chi connectivity index (χ3n) is 3.65. The van der Waals surface area contributed by atoms with Crippen molar-refractivity contribution in [3.8, 4) is 5.75 Å². The number of hydrogen-bond acceptors (Lipinski definition) is 8. The van der Waals surface area contributed by atoms with Crippen LogP contribution in [0.25, 0.3) is 0 Å². The monoisotopic (exact) mass is 435 g/mol. The molecule has 0 saturated heterocycles. The number of nitrogens with zero attached hydrogens (tertiary/aromatic N) is 1. The number of rotatable bonds is 8. The molecule has 0 N–H and O–H groups in total. The summed E-state index contributed by atoms with van der Waals surface area (Å²) in [5.41, 5.74) is 0.326. The fraction of sp³-hybridized carbons (Fsp3) is 0.300. The van der Waals surface area contributed by atoms with Gasteiger partial charge < -0.3 is 9.47 Å². The second kappa shape index (κ2) is 10.8. The standard InChI is InChI=1S/C20H21NO6S2/c1-3-10-26-20(25)14-6-8-15(9-7-14)27-17(22)12-21(18(23)13(2)28)19(24)16-5-4-11-29-16/h4-9,11,13,28H,3,10,12H2,1-2H3. The van der Waals surface area contributed by atoms with E-state index in [1.807, 2.05) is 6.92 Å². The topological polar surface area (TPSA) is 90.0 Å². The lowest BCUT2D eigenvalue weighted by Gasteiger charge is -2.20. The van der Waals surface area contributed by atoms with Gasteiger partial charge in [0.1, 0.15) is 12.3 Å². The minimum absolute atomic E-state index is 0.178. The van der Waals surface area contributed by atoms with Crippen molar-refractivity contribution in [2.24, 2.45) is 0 Å². The molecule has 0 aliphatic heterocycles. The first-order valence-corrected chi connectivity index (χ1v) is 10.3. The molecule has 9 heteroatoms. The SMILES string of the molecule is CCCOC(=O)c1ccc(OC(=O)CN(C(=O)c2cccs2)C(=O)C(C)S)cc1. The Morgan fingerprint density at radius 2 is 1.83 bits per heavy atom. The van der Waals surface area contributed by atoms with Crippen LogP contribution < -0.4 is 4.74 Å². The average Bonchev–Trinajstić information content (AvgIpc) is 3.24. The Kier molecular flexibility index (Phi) is 8.41. The Hall–Kier alpha value is -2.65. The minimum atomic E-state index is -0.793. The second-order valence-corrected chi connectivity index (χ2v) is 7.74. The van der Waals surface area contributed by atoms with E-state index >= 15 is 0 Å². The average molecular weight is 436 g/mol. The van der Waals surface area contributed by atoms with Gasteiger partial charge in [0.15, 0.2) is 0 Å². The van der Waals surface area contributed by atoms with E-state index < -0.39 is 35.5 Å². The molecule has 0 saturated carbocycles. The van der Waals surface area contributed by atoms with Crippen molar-refractivity contribution in [2.75, 3.05) is 13.2 Å². The molecule has 0 fully saturated rings. The van der Waals surface area contributed by atoms with Gasteiger partial charge in [-0.15, -0.1) is 11.3 Å². The van der Waals surface area contributed by atoms with Gasteiger partial charge >= 0.3 is 11.9 Å². The van der Waals surface area contributed by atoms with Crippen molar-refractivity contribution in [3.05, 3.63) is 52.2 Å². The molecule has 2 aromatic rings. The summed E-state index contributed by atoms with van der Waals surface area (Å²) in [5, 5.41) is 0.936. The highest BCUT2D eigenvalue weighted by atomic mass is 32.1. The third kappa shape index (κ3) is 6.43. The second-order valence-electron chi connectivity index (χ2n) is 6.02. The molecule has 0 aliphatic rings. The lowest BCUT2D eigenvalue weighted by Crippen LogP contribution is -2.44. The normalized spacial score (nSPS) is 11.4. The van der Waals surface area contributed by atoms with Crippen LogP contribution in [0.15, 0.2) is 41.8 Å². The third-order valence-corrected chi connectivity index (χ3v) is 4.73. The Labute approximate surface area is 178 Å². The van der Waals surface area contributed by atoms with E-state index in [0.717, 1.165) is 4.90 Å². The first kappa shape index (κ1) is 22.6. The first-order valence-electron chi connectivity index (χ1n) is 8.88. The molecule has 1 aromatic heterocycles. The quantitative estimate of drug-likeness (QED) is 0.389. The predicted molar refractivity (Wildman–Crippen MR) is 111 cm³/mol. The fourth-order valence-corrected chi connectivity index (χ4v) is 3.05. The molecule has 0 aliphatic carbocycles. The van der Waals surface area contributed by atoms with Crippen LogP contribution in [0.2, 0.25) is 0 Å². The highest BCUT2D eigenvalue weighted by molar-refractivity contribution is 7.81. The Bertz CT molecular complexity index is 862. The lowest BCUT2D eigenvalue weighted by molar-refractivity contribution is -0.140. The molecule has 2 rings (SSSR count). The summed E-state index contributed by atoms with van der Waals surface area (Å²) in [7, 11) is 0. The van der Waals surface area contributed by atoms with Crippen molar-refractivity contribution in [2.45, 2.75) is 25.5 Å². The summed E-state index contributed by atoms with van der Waals surface area (Å²) in [5.74, 6) is -2.27. The molecule has 7 nitrogen and oxygen atoms in total. The van der Waals surface area contributed by atoms with E-state index in [0.29, 0.717) is 23.5 Å². The van der Waals surface area contributed by atoms with Gasteiger partial charge in [-0.05, 0) is 49.1 Å². The Balaban J connectivity index is 2.05. The number of imide groups is 1. The zero-order valence-electron chi connectivity index (χ0n) is 16.0. The van der Waals surface area contributed by atoms with Gasteiger partial charge in [0.05, 0.1) is 22.3 Å². The Morgan fingerprint density at radius 1 is 1.14 bits per heavy atom. The summed E-state index contributed by atoms with van der Waals surface area (Å²) in [4.78, 5) is 50.2. The van der Waals surface area contributed by atoms with Crippen LogP contribution in [0.5, 0.6) is 5.75 Å². The van der Waals surface area contributed by atoms with E-state index in [1.54, 1.807) is 17.5 Å². The number of carbonyl (C=O) groups is 4. The van der Waals surface area contributed by atoms with Gasteiger partial charge in [0, 0.05) is 0 Å². The van der Waals surface area contributed by atoms with Crippen LogP contribution in [0.3, 0.4) is 0 Å². The maximum absolute atomic E-state index is 12.6. The van der Waals surface area contributed by atoms with Crippen LogP contribution >= 0.6 is 24.0 Å². The molecular formula is C20H21NO6S2. The molecule has 1 atom stereocenters. The van der Waals surface area contributed by atoms with E-state index in [4.69, 9.17) is 9.47 Å². The lowest BCUT2D eigenvalue weighted by atomic mass is 10.2. The number of hydrogen-bond donors (Lipinski definition) is 1. The van der Waals surface area contributed by atoms with Crippen molar-refractivity contribution in [1.29, 1.82) is 0 Å². The number of thiophene rings is 1. The Morgan fingerprint density at radius 3 is 2.38 bits per heavy atom. The highest BCUT2D eigenvalue weighted by Crippen LogP contribution is 2.16. The molecule has 0 spiro atoms. The number of ether oxygens (including phenoxy) is 2. The molecule has 1 aromatic carbocycles. The molecule has 1 heterocycles. The number of thiol groups is 1. The number of carbonyl (C=O) groups excluding carboxylic acids is 4. The van der Waals surface area contributed by atoms with Crippen molar-refractivity contribution < 1.29 is 28.7 Å². The number of esters is 2. The molecular weight excluding hydrogens is 414 g/mol. The summed E-state index contributed by atoms with van der Waals surface area (Å²) < 4.78 is 10.2. The van der Waals surface area contributed by atoms with Crippen LogP contribution in [-0.4, -0.2) is 47.1 Å². The van der Waals surface area contributed by atoms with E-state index in [1.165, 1.54) is 42.5 Å². The predicted octanol–water partition coefficient (Wildman–Crippen LogP) is 3.21. The van der Waals surface area contributed by atoms with Gasteiger partial charge in [0.25, 0.3) is 5.91 Å². The summed E-state index contributed by atoms with van der Waals surface area (Å²) >= 11 is 5.23. The zero-order chi connectivity index (χ0) is 21.4. The summed E-state index contributed by atoms with van der Waals surface area (Å²) in [6, 6.07) is 9.06. The first-order chi connectivity index (χ1) is 13.8. The number of benzene rings is 1. The smallest absolute Gasteiger partial charge is 0.338 e. The van der Waals surface area contributed by atoms with Gasteiger partial charge in [-0.2, -0.15) is 12.6 Å². The van der Waals surface area contributed by atoms with Crippen LogP contribution in [0.4, 0.5) is 0 Å². The van der Waals surface area contributed by atoms with Gasteiger partial charge in [0.2, 0.25) is 5.91 Å². The largest absolute Gasteiger partial charge is 0.462 e. The highest BCUT2D eigenvalue weighted by Gasteiger charge is 2.29. The molecule has 2 amide bonds. The number of amides is 2. The maximum atomic E-state index is 12.6. The fourth-order valence-electron chi connectivity index (χ4n) is 2.24. The van der Waals surface area contributed by atoms with Crippen molar-refractivity contribution in [1.82, 2.24) is 4.90 Å². The maximum Gasteiger partial charge on any atom is 0.338 e. The van der Waals surface area contributed by atoms with E-state index in [2.05, 4.69) is 12.6 Å². The zero-order valence-corrected chi connectivity index (χ0v) is 17.7. The molecule has 29 heavy (non-hydrogen) atoms. The van der Waals surface area contributed by atoms with Crippen LogP contribution in [0, 0.1) is 0 Å². The molecule has 1 unspecified atom stereocenters.